The van der Waals surface area contributed by atoms with Crippen molar-refractivity contribution >= 4 is 17.4 Å². The highest BCUT2D eigenvalue weighted by Gasteiger charge is 2.20. The minimum absolute atomic E-state index is 0.0699. The molecule has 0 aliphatic carbocycles. The van der Waals surface area contributed by atoms with E-state index < -0.39 is 0 Å². The lowest BCUT2D eigenvalue weighted by atomic mass is 10.1. The zero-order valence-corrected chi connectivity index (χ0v) is 12.9. The Morgan fingerprint density at radius 2 is 2.14 bits per heavy atom. The number of nitrogens with one attached hydrogen (secondary N) is 1. The largest absolute Gasteiger partial charge is 0.492 e. The maximum atomic E-state index is 12.8. The van der Waals surface area contributed by atoms with E-state index >= 15 is 0 Å². The number of amides is 2. The number of nitrogens with zero attached hydrogens (tertiary/aromatic N) is 1. The quantitative estimate of drug-likeness (QED) is 0.880. The van der Waals surface area contributed by atoms with Crippen molar-refractivity contribution in [2.45, 2.75) is 13.0 Å². The molecular formula is C16H17FN2O2S. The molecule has 0 fully saturated rings. The average Bonchev–Trinajstić information content (AvgIpc) is 3.00. The fourth-order valence-electron chi connectivity index (χ4n) is 2.39. The van der Waals surface area contributed by atoms with E-state index in [0.717, 1.165) is 13.0 Å². The van der Waals surface area contributed by atoms with E-state index in [0.29, 0.717) is 25.4 Å². The van der Waals surface area contributed by atoms with Crippen LogP contribution in [0, 0.1) is 5.82 Å². The first kappa shape index (κ1) is 14.8. The fourth-order valence-corrected chi connectivity index (χ4v) is 3.28. The minimum Gasteiger partial charge on any atom is -0.492 e. The van der Waals surface area contributed by atoms with Gasteiger partial charge in [0.25, 0.3) is 0 Å². The molecule has 0 saturated carbocycles. The lowest BCUT2D eigenvalue weighted by Crippen LogP contribution is -2.43. The maximum absolute atomic E-state index is 12.8. The van der Waals surface area contributed by atoms with Gasteiger partial charge >= 0.3 is 6.03 Å². The van der Waals surface area contributed by atoms with Crippen molar-refractivity contribution in [3.05, 3.63) is 52.0 Å². The van der Waals surface area contributed by atoms with Crippen molar-refractivity contribution in [2.75, 3.05) is 19.7 Å². The Morgan fingerprint density at radius 3 is 2.95 bits per heavy atom. The number of halogens is 1. The van der Waals surface area contributed by atoms with E-state index in [-0.39, 0.29) is 11.8 Å². The molecule has 0 saturated heterocycles. The second kappa shape index (κ2) is 6.79. The van der Waals surface area contributed by atoms with Crippen molar-refractivity contribution < 1.29 is 13.9 Å². The van der Waals surface area contributed by atoms with Crippen LogP contribution in [0.5, 0.6) is 5.75 Å². The average molecular weight is 320 g/mol. The van der Waals surface area contributed by atoms with Gasteiger partial charge in [0.05, 0.1) is 6.54 Å². The minimum atomic E-state index is -0.293. The molecule has 0 unspecified atom stereocenters. The third kappa shape index (κ3) is 3.57. The first-order chi connectivity index (χ1) is 10.7. The van der Waals surface area contributed by atoms with E-state index in [9.17, 15) is 9.18 Å². The number of hydrogen-bond acceptors (Lipinski definition) is 3. The Balaban J connectivity index is 1.40. The van der Waals surface area contributed by atoms with Gasteiger partial charge in [0, 0.05) is 18.0 Å². The molecule has 2 heterocycles. The first-order valence-corrected chi connectivity index (χ1v) is 8.07. The molecular weight excluding hydrogens is 303 g/mol. The monoisotopic (exact) mass is 320 g/mol. The Morgan fingerprint density at radius 1 is 1.32 bits per heavy atom. The highest BCUT2D eigenvalue weighted by atomic mass is 32.1. The zero-order chi connectivity index (χ0) is 15.4. The number of ether oxygens (including phenoxy) is 1. The highest BCUT2D eigenvalue weighted by molar-refractivity contribution is 7.10. The summed E-state index contributed by atoms with van der Waals surface area (Å²) in [5.41, 5.74) is 1.24. The van der Waals surface area contributed by atoms with E-state index in [2.05, 4.69) is 16.8 Å². The van der Waals surface area contributed by atoms with Gasteiger partial charge in [-0.1, -0.05) is 0 Å². The summed E-state index contributed by atoms with van der Waals surface area (Å²) in [5.74, 6) is 0.301. The zero-order valence-electron chi connectivity index (χ0n) is 12.0. The Hall–Kier alpha value is -2.08. The highest BCUT2D eigenvalue weighted by Crippen LogP contribution is 2.23. The van der Waals surface area contributed by atoms with Crippen LogP contribution in [-0.4, -0.2) is 30.6 Å². The van der Waals surface area contributed by atoms with E-state index in [1.807, 2.05) is 4.90 Å². The van der Waals surface area contributed by atoms with Gasteiger partial charge in [-0.25, -0.2) is 9.18 Å². The van der Waals surface area contributed by atoms with Crippen LogP contribution < -0.4 is 10.1 Å². The van der Waals surface area contributed by atoms with Gasteiger partial charge in [0.1, 0.15) is 18.2 Å². The number of thiophene rings is 1. The summed E-state index contributed by atoms with van der Waals surface area (Å²) < 4.78 is 18.2. The van der Waals surface area contributed by atoms with Crippen LogP contribution in [0.3, 0.4) is 0 Å². The number of urea groups is 1. The molecule has 1 N–H and O–H groups in total. The van der Waals surface area contributed by atoms with Gasteiger partial charge in [0.15, 0.2) is 0 Å². The van der Waals surface area contributed by atoms with Gasteiger partial charge in [-0.05, 0) is 47.7 Å². The molecule has 3 rings (SSSR count). The molecule has 1 aliphatic rings. The predicted octanol–water partition coefficient (Wildman–Crippen LogP) is 3.03. The summed E-state index contributed by atoms with van der Waals surface area (Å²) in [5, 5.41) is 4.92. The topological polar surface area (TPSA) is 41.6 Å². The second-order valence-corrected chi connectivity index (χ2v) is 6.08. The van der Waals surface area contributed by atoms with E-state index in [1.165, 1.54) is 22.6 Å². The van der Waals surface area contributed by atoms with E-state index in [1.54, 1.807) is 23.5 Å². The third-order valence-electron chi connectivity index (χ3n) is 3.56. The summed E-state index contributed by atoms with van der Waals surface area (Å²) in [6.45, 7) is 2.19. The van der Waals surface area contributed by atoms with Gasteiger partial charge in [-0.2, -0.15) is 0 Å². The predicted molar refractivity (Wildman–Crippen MR) is 83.7 cm³/mol. The van der Waals surface area contributed by atoms with Crippen LogP contribution in [0.4, 0.5) is 9.18 Å². The number of hydrogen-bond donors (Lipinski definition) is 1. The smallest absolute Gasteiger partial charge is 0.317 e. The van der Waals surface area contributed by atoms with E-state index in [4.69, 9.17) is 4.74 Å². The molecule has 116 valence electrons. The van der Waals surface area contributed by atoms with Crippen LogP contribution in [-0.2, 0) is 13.0 Å². The molecule has 6 heteroatoms. The number of benzene rings is 1. The lowest BCUT2D eigenvalue weighted by Gasteiger charge is -2.27. The third-order valence-corrected chi connectivity index (χ3v) is 4.58. The second-order valence-electron chi connectivity index (χ2n) is 5.07. The maximum Gasteiger partial charge on any atom is 0.317 e. The van der Waals surface area contributed by atoms with Crippen molar-refractivity contribution in [1.29, 1.82) is 0 Å². The fraction of sp³-hybridized carbons (Fsp3) is 0.312. The van der Waals surface area contributed by atoms with Crippen molar-refractivity contribution in [2.24, 2.45) is 0 Å². The molecule has 1 aromatic heterocycles. The Labute approximate surface area is 132 Å². The molecule has 22 heavy (non-hydrogen) atoms. The summed E-state index contributed by atoms with van der Waals surface area (Å²) in [4.78, 5) is 15.3. The molecule has 4 nitrogen and oxygen atoms in total. The summed E-state index contributed by atoms with van der Waals surface area (Å²) in [7, 11) is 0. The SMILES string of the molecule is O=C(NCCOc1ccc(F)cc1)N1CCc2sccc2C1. The number of fused-ring (bicyclic) bond motifs is 1. The van der Waals surface area contributed by atoms with Crippen LogP contribution >= 0.6 is 11.3 Å². The summed E-state index contributed by atoms with van der Waals surface area (Å²) in [6, 6.07) is 7.84. The van der Waals surface area contributed by atoms with Crippen molar-refractivity contribution in [1.82, 2.24) is 10.2 Å². The van der Waals surface area contributed by atoms with Gasteiger partial charge < -0.3 is 15.0 Å². The van der Waals surface area contributed by atoms with Gasteiger partial charge in [-0.3, -0.25) is 0 Å². The molecule has 1 aromatic carbocycles. The molecule has 0 radical (unpaired) electrons. The van der Waals surface area contributed by atoms with Gasteiger partial charge in [-0.15, -0.1) is 11.3 Å². The number of carbonyl (C=O) groups excluding carboxylic acids is 1. The normalized spacial score (nSPS) is 13.6. The number of rotatable bonds is 4. The van der Waals surface area contributed by atoms with Crippen molar-refractivity contribution in [3.8, 4) is 5.75 Å². The number of carbonyl (C=O) groups is 1. The van der Waals surface area contributed by atoms with Crippen LogP contribution in [0.15, 0.2) is 35.7 Å². The molecule has 0 spiro atoms. The summed E-state index contributed by atoms with van der Waals surface area (Å²) in [6.07, 6.45) is 0.923. The molecule has 2 aromatic rings. The van der Waals surface area contributed by atoms with Crippen LogP contribution in [0.1, 0.15) is 10.4 Å². The first-order valence-electron chi connectivity index (χ1n) is 7.19. The van der Waals surface area contributed by atoms with Crippen LogP contribution in [0.25, 0.3) is 0 Å². The molecule has 0 bridgehead atoms. The Bertz CT molecular complexity index is 642. The Kier molecular flexibility index (Phi) is 4.58. The van der Waals surface area contributed by atoms with Crippen molar-refractivity contribution in [3.63, 3.8) is 0 Å². The molecule has 0 atom stereocenters. The standard InChI is InChI=1S/C16H17FN2O2S/c17-13-1-3-14(4-2-13)21-9-7-18-16(20)19-8-5-15-12(11-19)6-10-22-15/h1-4,6,10H,5,7-9,11H2,(H,18,20). The summed E-state index contributed by atoms with van der Waals surface area (Å²) >= 11 is 1.75. The van der Waals surface area contributed by atoms with Crippen LogP contribution in [0.2, 0.25) is 0 Å². The lowest BCUT2D eigenvalue weighted by molar-refractivity contribution is 0.190. The molecule has 2 amide bonds. The molecule has 1 aliphatic heterocycles. The van der Waals surface area contributed by atoms with Gasteiger partial charge in [0.2, 0.25) is 0 Å².